The van der Waals surface area contributed by atoms with Crippen molar-refractivity contribution in [3.05, 3.63) is 17.7 Å². The lowest BCUT2D eigenvalue weighted by molar-refractivity contribution is -0.140. The van der Waals surface area contributed by atoms with Crippen LogP contribution in [0.1, 0.15) is 17.3 Å². The van der Waals surface area contributed by atoms with Gasteiger partial charge in [-0.05, 0) is 12.1 Å². The average molecular weight is 315 g/mol. The zero-order valence-corrected chi connectivity index (χ0v) is 11.7. The van der Waals surface area contributed by atoms with Crippen molar-refractivity contribution in [1.29, 1.82) is 0 Å². The Kier molecular flexibility index (Phi) is 5.42. The molecule has 0 aliphatic carbocycles. The Balaban J connectivity index is 2.77. The standard InChI is InChI=1S/C12H13NO7S/c1-5(14)13-7(11(18)19)4-21-12(20)6-2-8(15)10(17)9(16)3-6/h2-3,7,15-17H,4H2,1H3,(H,13,14)(H,18,19)/t7-/m0/s1. The highest BCUT2D eigenvalue weighted by Gasteiger charge is 2.21. The van der Waals surface area contributed by atoms with Gasteiger partial charge in [0.05, 0.1) is 0 Å². The normalized spacial score (nSPS) is 11.7. The van der Waals surface area contributed by atoms with Crippen LogP contribution in [0.3, 0.4) is 0 Å². The number of carboxylic acid groups (broad SMARTS) is 1. The number of benzene rings is 1. The van der Waals surface area contributed by atoms with Crippen LogP contribution in [0, 0.1) is 0 Å². The molecule has 1 atom stereocenters. The highest BCUT2D eigenvalue weighted by atomic mass is 32.2. The van der Waals surface area contributed by atoms with Gasteiger partial charge in [0, 0.05) is 18.2 Å². The van der Waals surface area contributed by atoms with Crippen LogP contribution in [-0.4, -0.2) is 49.2 Å². The Morgan fingerprint density at radius 1 is 1.19 bits per heavy atom. The number of thioether (sulfide) groups is 1. The Morgan fingerprint density at radius 3 is 2.14 bits per heavy atom. The molecule has 0 fully saturated rings. The van der Waals surface area contributed by atoms with Gasteiger partial charge in [0.1, 0.15) is 6.04 Å². The SMILES string of the molecule is CC(=O)N[C@@H](CSC(=O)c1cc(O)c(O)c(O)c1)C(=O)O. The maximum absolute atomic E-state index is 11.8. The molecule has 0 heterocycles. The van der Waals surface area contributed by atoms with Crippen molar-refractivity contribution in [3.63, 3.8) is 0 Å². The largest absolute Gasteiger partial charge is 0.504 e. The third-order valence-corrected chi connectivity index (χ3v) is 3.36. The van der Waals surface area contributed by atoms with Crippen molar-refractivity contribution >= 4 is 28.8 Å². The van der Waals surface area contributed by atoms with E-state index in [1.807, 2.05) is 0 Å². The molecule has 8 nitrogen and oxygen atoms in total. The van der Waals surface area contributed by atoms with Gasteiger partial charge in [-0.25, -0.2) is 4.79 Å². The van der Waals surface area contributed by atoms with Gasteiger partial charge in [-0.15, -0.1) is 0 Å². The van der Waals surface area contributed by atoms with E-state index in [4.69, 9.17) is 10.2 Å². The van der Waals surface area contributed by atoms with Crippen molar-refractivity contribution in [3.8, 4) is 17.2 Å². The smallest absolute Gasteiger partial charge is 0.327 e. The number of aliphatic carboxylic acids is 1. The van der Waals surface area contributed by atoms with Gasteiger partial charge in [0.15, 0.2) is 17.2 Å². The fourth-order valence-corrected chi connectivity index (χ4v) is 2.21. The summed E-state index contributed by atoms with van der Waals surface area (Å²) in [6, 6.07) is 0.646. The number of carbonyl (C=O) groups excluding carboxylic acids is 2. The van der Waals surface area contributed by atoms with E-state index >= 15 is 0 Å². The van der Waals surface area contributed by atoms with E-state index in [2.05, 4.69) is 5.32 Å². The third-order valence-electron chi connectivity index (χ3n) is 2.36. The minimum absolute atomic E-state index is 0.111. The molecular weight excluding hydrogens is 302 g/mol. The molecule has 0 saturated carbocycles. The zero-order valence-electron chi connectivity index (χ0n) is 10.9. The zero-order chi connectivity index (χ0) is 16.2. The molecule has 0 unspecified atom stereocenters. The van der Waals surface area contributed by atoms with E-state index in [1.165, 1.54) is 0 Å². The summed E-state index contributed by atoms with van der Waals surface area (Å²) in [5, 5.41) is 38.2. The second-order valence-electron chi connectivity index (χ2n) is 4.05. The van der Waals surface area contributed by atoms with E-state index in [1.54, 1.807) is 0 Å². The van der Waals surface area contributed by atoms with Crippen molar-refractivity contribution in [2.45, 2.75) is 13.0 Å². The van der Waals surface area contributed by atoms with Crippen LogP contribution in [0.25, 0.3) is 0 Å². The third kappa shape index (κ3) is 4.56. The number of aromatic hydroxyl groups is 3. The van der Waals surface area contributed by atoms with Gasteiger partial charge in [-0.2, -0.15) is 0 Å². The fourth-order valence-electron chi connectivity index (χ4n) is 1.38. The molecule has 0 spiro atoms. The quantitative estimate of drug-likeness (QED) is 0.487. The topological polar surface area (TPSA) is 144 Å². The van der Waals surface area contributed by atoms with Crippen molar-refractivity contribution in [1.82, 2.24) is 5.32 Å². The van der Waals surface area contributed by atoms with Crippen LogP contribution >= 0.6 is 11.8 Å². The number of nitrogens with one attached hydrogen (secondary N) is 1. The lowest BCUT2D eigenvalue weighted by Crippen LogP contribution is -2.41. The van der Waals surface area contributed by atoms with Gasteiger partial charge < -0.3 is 25.7 Å². The average Bonchev–Trinajstić information content (AvgIpc) is 2.39. The van der Waals surface area contributed by atoms with Gasteiger partial charge in [0.2, 0.25) is 11.0 Å². The summed E-state index contributed by atoms with van der Waals surface area (Å²) in [6.45, 7) is 1.15. The molecule has 21 heavy (non-hydrogen) atoms. The first kappa shape index (κ1) is 16.6. The lowest BCUT2D eigenvalue weighted by atomic mass is 10.2. The molecule has 0 aliphatic heterocycles. The molecule has 0 aromatic heterocycles. The second-order valence-corrected chi connectivity index (χ2v) is 5.05. The second kappa shape index (κ2) is 6.84. The summed E-state index contributed by atoms with van der Waals surface area (Å²) in [4.78, 5) is 33.5. The van der Waals surface area contributed by atoms with E-state index in [0.717, 1.165) is 19.1 Å². The van der Waals surface area contributed by atoms with Crippen LogP contribution in [0.15, 0.2) is 12.1 Å². The van der Waals surface area contributed by atoms with Crippen molar-refractivity contribution in [2.24, 2.45) is 0 Å². The van der Waals surface area contributed by atoms with Crippen LogP contribution < -0.4 is 5.32 Å². The highest BCUT2D eigenvalue weighted by molar-refractivity contribution is 8.14. The molecule has 1 aromatic rings. The Bertz CT molecular complexity index is 564. The minimum Gasteiger partial charge on any atom is -0.504 e. The predicted octanol–water partition coefficient (Wildman–Crippen LogP) is 0.266. The Hall–Kier alpha value is -2.42. The molecule has 0 saturated heterocycles. The summed E-state index contributed by atoms with van der Waals surface area (Å²) in [7, 11) is 0. The van der Waals surface area contributed by atoms with Crippen molar-refractivity contribution in [2.75, 3.05) is 5.75 Å². The van der Waals surface area contributed by atoms with Gasteiger partial charge in [-0.3, -0.25) is 9.59 Å². The molecule has 114 valence electrons. The first-order chi connectivity index (χ1) is 9.72. The molecule has 0 bridgehead atoms. The summed E-state index contributed by atoms with van der Waals surface area (Å²) in [5.41, 5.74) is -0.111. The first-order valence-electron chi connectivity index (χ1n) is 5.64. The first-order valence-corrected chi connectivity index (χ1v) is 6.63. The van der Waals surface area contributed by atoms with Gasteiger partial charge >= 0.3 is 5.97 Å². The predicted molar refractivity (Wildman–Crippen MR) is 73.5 cm³/mol. The van der Waals surface area contributed by atoms with Crippen LogP contribution in [0.2, 0.25) is 0 Å². The molecule has 0 aliphatic rings. The van der Waals surface area contributed by atoms with Gasteiger partial charge in [0.25, 0.3) is 0 Å². The minimum atomic E-state index is -1.29. The molecule has 9 heteroatoms. The number of hydrogen-bond donors (Lipinski definition) is 5. The number of carbonyl (C=O) groups is 3. The summed E-state index contributed by atoms with van der Waals surface area (Å²) in [6.07, 6.45) is 0. The number of rotatable bonds is 5. The summed E-state index contributed by atoms with van der Waals surface area (Å²) >= 11 is 0.593. The molecule has 1 rings (SSSR count). The maximum Gasteiger partial charge on any atom is 0.327 e. The molecule has 0 radical (unpaired) electrons. The molecule has 1 aromatic carbocycles. The maximum atomic E-state index is 11.8. The molecule has 1 amide bonds. The highest BCUT2D eigenvalue weighted by Crippen LogP contribution is 2.36. The number of phenolic OH excluding ortho intramolecular Hbond substituents is 3. The number of phenols is 3. The fraction of sp³-hybridized carbons (Fsp3) is 0.250. The number of carboxylic acids is 1. The van der Waals surface area contributed by atoms with Crippen LogP contribution in [0.4, 0.5) is 0 Å². The van der Waals surface area contributed by atoms with E-state index in [-0.39, 0.29) is 11.3 Å². The van der Waals surface area contributed by atoms with E-state index < -0.39 is 40.3 Å². The number of hydrogen-bond acceptors (Lipinski definition) is 7. The lowest BCUT2D eigenvalue weighted by Gasteiger charge is -2.12. The van der Waals surface area contributed by atoms with Crippen molar-refractivity contribution < 1.29 is 34.8 Å². The number of amides is 1. The van der Waals surface area contributed by atoms with E-state index in [9.17, 15) is 24.6 Å². The van der Waals surface area contributed by atoms with Crippen LogP contribution in [-0.2, 0) is 9.59 Å². The Labute approximate surface area is 123 Å². The summed E-state index contributed by atoms with van der Waals surface area (Å²) < 4.78 is 0. The molecular formula is C12H13NO7S. The van der Waals surface area contributed by atoms with E-state index in [0.29, 0.717) is 11.8 Å². The monoisotopic (exact) mass is 315 g/mol. The van der Waals surface area contributed by atoms with Gasteiger partial charge in [-0.1, -0.05) is 11.8 Å². The Morgan fingerprint density at radius 2 is 1.71 bits per heavy atom. The van der Waals surface area contributed by atoms with Crippen LogP contribution in [0.5, 0.6) is 17.2 Å². The molecule has 5 N–H and O–H groups in total. The summed E-state index contributed by atoms with van der Waals surface area (Å²) in [5.74, 6) is -4.16.